The van der Waals surface area contributed by atoms with Crippen molar-refractivity contribution in [3.8, 4) is 5.75 Å². The van der Waals surface area contributed by atoms with Gasteiger partial charge in [0.1, 0.15) is 5.75 Å². The molecule has 0 N–H and O–H groups in total. The van der Waals surface area contributed by atoms with Crippen LogP contribution in [0.2, 0.25) is 0 Å². The van der Waals surface area contributed by atoms with Crippen LogP contribution in [0.1, 0.15) is 15.9 Å². The number of rotatable bonds is 6. The number of piperazine rings is 1. The van der Waals surface area contributed by atoms with Crippen LogP contribution < -0.4 is 4.74 Å². The quantitative estimate of drug-likeness (QED) is 0.710. The van der Waals surface area contributed by atoms with Crippen molar-refractivity contribution in [3.05, 3.63) is 59.7 Å². The Bertz CT molecular complexity index is 905. The summed E-state index contributed by atoms with van der Waals surface area (Å²) in [7, 11) is -2.00. The number of Topliss-reactive ketones (excluding diaryl/α,β-unsaturated/α-hetero) is 1. The monoisotopic (exact) mass is 388 g/mol. The average Bonchev–Trinajstić information content (AvgIpc) is 2.68. The Morgan fingerprint density at radius 2 is 1.70 bits per heavy atom. The first kappa shape index (κ1) is 19.5. The molecule has 0 unspecified atom stereocenters. The molecule has 0 aliphatic carbocycles. The molecule has 3 rings (SSSR count). The van der Waals surface area contributed by atoms with Gasteiger partial charge in [0, 0.05) is 31.7 Å². The van der Waals surface area contributed by atoms with Crippen LogP contribution in [0, 0.1) is 6.92 Å². The molecule has 6 nitrogen and oxygen atoms in total. The number of nitrogens with zero attached hydrogens (tertiary/aromatic N) is 2. The molecule has 0 aromatic heterocycles. The van der Waals surface area contributed by atoms with E-state index in [4.69, 9.17) is 4.74 Å². The van der Waals surface area contributed by atoms with E-state index in [1.165, 1.54) is 4.31 Å². The summed E-state index contributed by atoms with van der Waals surface area (Å²) in [6, 6.07) is 14.1. The maximum atomic E-state index is 13.0. The van der Waals surface area contributed by atoms with Crippen molar-refractivity contribution in [1.29, 1.82) is 0 Å². The van der Waals surface area contributed by atoms with E-state index in [9.17, 15) is 13.2 Å². The second-order valence-electron chi connectivity index (χ2n) is 6.60. The van der Waals surface area contributed by atoms with Crippen LogP contribution >= 0.6 is 0 Å². The van der Waals surface area contributed by atoms with Gasteiger partial charge in [-0.15, -0.1) is 0 Å². The summed E-state index contributed by atoms with van der Waals surface area (Å²) in [5, 5.41) is 0. The number of carbonyl (C=O) groups excluding carboxylic acids is 1. The number of sulfonamides is 1. The van der Waals surface area contributed by atoms with Crippen LogP contribution in [-0.2, 0) is 10.0 Å². The fourth-order valence-electron chi connectivity index (χ4n) is 3.22. The first-order valence-electron chi connectivity index (χ1n) is 8.87. The lowest BCUT2D eigenvalue weighted by Crippen LogP contribution is -2.49. The van der Waals surface area contributed by atoms with Crippen molar-refractivity contribution < 1.29 is 17.9 Å². The third-order valence-corrected chi connectivity index (χ3v) is 6.85. The predicted octanol–water partition coefficient (Wildman–Crippen LogP) is 2.19. The molecule has 2 aromatic carbocycles. The topological polar surface area (TPSA) is 66.9 Å². The van der Waals surface area contributed by atoms with E-state index < -0.39 is 10.0 Å². The number of hydrogen-bond acceptors (Lipinski definition) is 5. The highest BCUT2D eigenvalue weighted by Gasteiger charge is 2.30. The molecular weight excluding hydrogens is 364 g/mol. The van der Waals surface area contributed by atoms with Crippen molar-refractivity contribution in [2.24, 2.45) is 0 Å². The lowest BCUT2D eigenvalue weighted by molar-refractivity contribution is 0.0901. The number of aryl methyl sites for hydroxylation is 1. The van der Waals surface area contributed by atoms with Gasteiger partial charge < -0.3 is 4.74 Å². The summed E-state index contributed by atoms with van der Waals surface area (Å²) >= 11 is 0. The van der Waals surface area contributed by atoms with Crippen molar-refractivity contribution in [3.63, 3.8) is 0 Å². The van der Waals surface area contributed by atoms with E-state index in [0.29, 0.717) is 54.5 Å². The molecule has 7 heteroatoms. The van der Waals surface area contributed by atoms with Crippen LogP contribution in [0.4, 0.5) is 0 Å². The van der Waals surface area contributed by atoms with Gasteiger partial charge >= 0.3 is 0 Å². The summed E-state index contributed by atoms with van der Waals surface area (Å²) in [6.45, 7) is 3.88. The lowest BCUT2D eigenvalue weighted by Gasteiger charge is -2.33. The molecule has 1 aliphatic heterocycles. The third-order valence-electron chi connectivity index (χ3n) is 4.79. The Kier molecular flexibility index (Phi) is 5.94. The summed E-state index contributed by atoms with van der Waals surface area (Å²) in [5.41, 5.74) is 1.34. The maximum absolute atomic E-state index is 13.0. The predicted molar refractivity (Wildman–Crippen MR) is 104 cm³/mol. The van der Waals surface area contributed by atoms with Gasteiger partial charge in [-0.3, -0.25) is 9.69 Å². The largest absolute Gasteiger partial charge is 0.497 e. The Balaban J connectivity index is 1.64. The zero-order valence-electron chi connectivity index (χ0n) is 15.6. The molecule has 2 aromatic rings. The van der Waals surface area contributed by atoms with Crippen LogP contribution in [0.5, 0.6) is 5.75 Å². The minimum absolute atomic E-state index is 0.0536. The fourth-order valence-corrected chi connectivity index (χ4v) is 4.85. The van der Waals surface area contributed by atoms with Gasteiger partial charge in [0.2, 0.25) is 10.0 Å². The number of carbonyl (C=O) groups is 1. The van der Waals surface area contributed by atoms with E-state index in [1.54, 1.807) is 44.4 Å². The number of ether oxygens (including phenoxy) is 1. The standard InChI is InChI=1S/C20H24N2O4S/c1-16-14-18(26-2)8-9-20(16)27(24,25)22-12-10-21(11-13-22)15-19(23)17-6-4-3-5-7-17/h3-9,14H,10-13,15H2,1-2H3. The van der Waals surface area contributed by atoms with E-state index in [2.05, 4.69) is 0 Å². The second kappa shape index (κ2) is 8.21. The first-order valence-corrected chi connectivity index (χ1v) is 10.3. The number of hydrogen-bond donors (Lipinski definition) is 0. The molecule has 1 heterocycles. The molecule has 144 valence electrons. The van der Waals surface area contributed by atoms with Crippen LogP contribution in [0.15, 0.2) is 53.4 Å². The molecule has 0 saturated carbocycles. The minimum atomic E-state index is -3.56. The summed E-state index contributed by atoms with van der Waals surface area (Å²) in [6.07, 6.45) is 0. The van der Waals surface area contributed by atoms with Crippen LogP contribution in [0.3, 0.4) is 0 Å². The highest BCUT2D eigenvalue weighted by atomic mass is 32.2. The highest BCUT2D eigenvalue weighted by Crippen LogP contribution is 2.24. The average molecular weight is 388 g/mol. The van der Waals surface area contributed by atoms with E-state index in [0.717, 1.165) is 0 Å². The van der Waals surface area contributed by atoms with Gasteiger partial charge in [0.15, 0.2) is 5.78 Å². The molecule has 0 spiro atoms. The molecule has 1 saturated heterocycles. The van der Waals surface area contributed by atoms with Gasteiger partial charge in [0.25, 0.3) is 0 Å². The molecule has 0 amide bonds. The molecule has 0 radical (unpaired) electrons. The zero-order chi connectivity index (χ0) is 19.4. The Hall–Kier alpha value is -2.22. The van der Waals surface area contributed by atoms with Gasteiger partial charge in [-0.05, 0) is 30.7 Å². The van der Waals surface area contributed by atoms with Crippen molar-refractivity contribution in [2.75, 3.05) is 39.8 Å². The Labute approximate surface area is 160 Å². The van der Waals surface area contributed by atoms with Crippen LogP contribution in [-0.4, -0.2) is 63.2 Å². The molecule has 1 fully saturated rings. The van der Waals surface area contributed by atoms with Gasteiger partial charge in [-0.2, -0.15) is 4.31 Å². The normalized spacial score (nSPS) is 16.2. The molecular formula is C20H24N2O4S. The van der Waals surface area contributed by atoms with Gasteiger partial charge in [-0.25, -0.2) is 8.42 Å². The first-order chi connectivity index (χ1) is 12.9. The van der Waals surface area contributed by atoms with E-state index in [1.807, 2.05) is 23.1 Å². The second-order valence-corrected chi connectivity index (χ2v) is 8.51. The molecule has 1 aliphatic rings. The molecule has 0 atom stereocenters. The molecule has 0 bridgehead atoms. The third kappa shape index (κ3) is 4.37. The lowest BCUT2D eigenvalue weighted by atomic mass is 10.1. The van der Waals surface area contributed by atoms with Crippen LogP contribution in [0.25, 0.3) is 0 Å². The van der Waals surface area contributed by atoms with Crippen molar-refractivity contribution in [1.82, 2.24) is 9.21 Å². The number of ketones is 1. The summed E-state index contributed by atoms with van der Waals surface area (Å²) in [4.78, 5) is 14.6. The highest BCUT2D eigenvalue weighted by molar-refractivity contribution is 7.89. The summed E-state index contributed by atoms with van der Waals surface area (Å²) < 4.78 is 32.6. The molecule has 27 heavy (non-hydrogen) atoms. The van der Waals surface area contributed by atoms with Gasteiger partial charge in [-0.1, -0.05) is 30.3 Å². The van der Waals surface area contributed by atoms with Gasteiger partial charge in [0.05, 0.1) is 18.6 Å². The Morgan fingerprint density at radius 3 is 2.30 bits per heavy atom. The van der Waals surface area contributed by atoms with Crippen molar-refractivity contribution in [2.45, 2.75) is 11.8 Å². The SMILES string of the molecule is COc1ccc(S(=O)(=O)N2CCN(CC(=O)c3ccccc3)CC2)c(C)c1. The van der Waals surface area contributed by atoms with E-state index >= 15 is 0 Å². The number of methoxy groups -OCH3 is 1. The summed E-state index contributed by atoms with van der Waals surface area (Å²) in [5.74, 6) is 0.689. The minimum Gasteiger partial charge on any atom is -0.497 e. The smallest absolute Gasteiger partial charge is 0.243 e. The Morgan fingerprint density at radius 1 is 1.04 bits per heavy atom. The fraction of sp³-hybridized carbons (Fsp3) is 0.350. The maximum Gasteiger partial charge on any atom is 0.243 e. The van der Waals surface area contributed by atoms with Crippen molar-refractivity contribution >= 4 is 15.8 Å². The zero-order valence-corrected chi connectivity index (χ0v) is 16.4. The van der Waals surface area contributed by atoms with E-state index in [-0.39, 0.29) is 5.78 Å². The number of benzene rings is 2.